The minimum atomic E-state index is -1.28. The van der Waals surface area contributed by atoms with Gasteiger partial charge in [0.25, 0.3) is 0 Å². The smallest absolute Gasteiger partial charge is 0.309 e. The second-order valence-electron chi connectivity index (χ2n) is 12.4. The Balaban J connectivity index is 1.64. The molecule has 212 valence electrons. The molecule has 0 amide bonds. The van der Waals surface area contributed by atoms with Crippen molar-refractivity contribution in [3.8, 4) is 0 Å². The monoisotopic (exact) mass is 536 g/mol. The minimum Gasteiger partial charge on any atom is -0.465 e. The number of epoxide rings is 1. The van der Waals surface area contributed by atoms with E-state index in [-0.39, 0.29) is 49.6 Å². The molecule has 0 aromatic rings. The summed E-state index contributed by atoms with van der Waals surface area (Å²) in [7, 11) is 0. The van der Waals surface area contributed by atoms with E-state index in [0.29, 0.717) is 13.0 Å². The molecule has 2 aliphatic carbocycles. The summed E-state index contributed by atoms with van der Waals surface area (Å²) in [5, 5.41) is 0. The minimum absolute atomic E-state index is 0.00973. The third kappa shape index (κ3) is 4.01. The number of carbonyl (C=O) groups excluding carboxylic acids is 4. The van der Waals surface area contributed by atoms with Crippen LogP contribution in [0.2, 0.25) is 0 Å². The van der Waals surface area contributed by atoms with Gasteiger partial charge >= 0.3 is 17.9 Å². The Labute approximate surface area is 223 Å². The van der Waals surface area contributed by atoms with Crippen molar-refractivity contribution >= 4 is 23.7 Å². The van der Waals surface area contributed by atoms with Crippen molar-refractivity contribution in [2.45, 2.75) is 97.4 Å². The van der Waals surface area contributed by atoms with E-state index >= 15 is 0 Å². The standard InChI is InChI=1S/C28H40O10/c1-14(2)24(32)38-23-19(31)11-20-26(6,21-10-18-7-8-33-25(18)37-21)15(3)9-22(36-17(5)30)27(20,12-34-16(4)29)28(23)13-35-28/h14-15,18,20-23,25H,7-13H2,1-6H3. The first kappa shape index (κ1) is 27.5. The summed E-state index contributed by atoms with van der Waals surface area (Å²) < 4.78 is 36.0. The molecular weight excluding hydrogens is 496 g/mol. The summed E-state index contributed by atoms with van der Waals surface area (Å²) in [4.78, 5) is 51.2. The fraction of sp³-hybridized carbons (Fsp3) is 0.857. The van der Waals surface area contributed by atoms with E-state index in [1.54, 1.807) is 13.8 Å². The SMILES string of the molecule is CC(=O)OCC12C(OC(C)=O)CC(C)C(C)(C3CC4CCOC4O3)C1CC(=O)C(OC(=O)C(C)C)C21CO1. The van der Waals surface area contributed by atoms with Gasteiger partial charge in [-0.15, -0.1) is 0 Å². The molecule has 5 fully saturated rings. The Morgan fingerprint density at radius 2 is 1.82 bits per heavy atom. The number of esters is 3. The first-order valence-electron chi connectivity index (χ1n) is 13.8. The Bertz CT molecular complexity index is 992. The number of rotatable bonds is 6. The zero-order chi connectivity index (χ0) is 27.6. The van der Waals surface area contributed by atoms with Crippen LogP contribution in [0.5, 0.6) is 0 Å². The molecule has 3 saturated heterocycles. The molecule has 0 N–H and O–H groups in total. The first-order chi connectivity index (χ1) is 17.9. The van der Waals surface area contributed by atoms with Crippen LogP contribution in [-0.2, 0) is 47.6 Å². The van der Waals surface area contributed by atoms with Crippen LogP contribution >= 0.6 is 0 Å². The summed E-state index contributed by atoms with van der Waals surface area (Å²) in [6.45, 7) is 10.9. The van der Waals surface area contributed by atoms with Crippen molar-refractivity contribution in [3.63, 3.8) is 0 Å². The zero-order valence-electron chi connectivity index (χ0n) is 23.2. The lowest BCUT2D eigenvalue weighted by molar-refractivity contribution is -0.264. The third-order valence-electron chi connectivity index (χ3n) is 10.1. The molecular formula is C28H40O10. The van der Waals surface area contributed by atoms with Gasteiger partial charge in [0.05, 0.1) is 30.7 Å². The average molecular weight is 537 g/mol. The summed E-state index contributed by atoms with van der Waals surface area (Å²) >= 11 is 0. The maximum absolute atomic E-state index is 13.8. The normalized spacial score (nSPS) is 45.4. The molecule has 5 rings (SSSR count). The molecule has 10 nitrogen and oxygen atoms in total. The second-order valence-corrected chi connectivity index (χ2v) is 12.4. The third-order valence-corrected chi connectivity index (χ3v) is 10.1. The lowest BCUT2D eigenvalue weighted by Crippen LogP contribution is -2.74. The number of ether oxygens (including phenoxy) is 6. The van der Waals surface area contributed by atoms with E-state index in [4.69, 9.17) is 28.4 Å². The number of carbonyl (C=O) groups is 4. The van der Waals surface area contributed by atoms with Crippen molar-refractivity contribution in [3.05, 3.63) is 0 Å². The van der Waals surface area contributed by atoms with Gasteiger partial charge in [0.15, 0.2) is 18.2 Å². The van der Waals surface area contributed by atoms with Crippen molar-refractivity contribution in [1.82, 2.24) is 0 Å². The second kappa shape index (κ2) is 9.55. The van der Waals surface area contributed by atoms with Gasteiger partial charge in [-0.3, -0.25) is 19.2 Å². The topological polar surface area (TPSA) is 127 Å². The van der Waals surface area contributed by atoms with E-state index in [2.05, 4.69) is 13.8 Å². The van der Waals surface area contributed by atoms with Crippen molar-refractivity contribution in [1.29, 1.82) is 0 Å². The lowest BCUT2D eigenvalue weighted by Gasteiger charge is -2.64. The van der Waals surface area contributed by atoms with Gasteiger partial charge in [0.1, 0.15) is 18.3 Å². The molecule has 10 atom stereocenters. The molecule has 2 saturated carbocycles. The van der Waals surface area contributed by atoms with E-state index in [0.717, 1.165) is 12.8 Å². The van der Waals surface area contributed by atoms with Gasteiger partial charge in [0.2, 0.25) is 0 Å². The van der Waals surface area contributed by atoms with Gasteiger partial charge in [-0.1, -0.05) is 27.7 Å². The number of ketones is 1. The van der Waals surface area contributed by atoms with Crippen LogP contribution in [0.3, 0.4) is 0 Å². The van der Waals surface area contributed by atoms with E-state index in [9.17, 15) is 19.2 Å². The molecule has 0 radical (unpaired) electrons. The molecule has 10 unspecified atom stereocenters. The summed E-state index contributed by atoms with van der Waals surface area (Å²) in [5.41, 5.74) is -2.96. The van der Waals surface area contributed by atoms with Gasteiger partial charge in [-0.05, 0) is 31.1 Å². The first-order valence-corrected chi connectivity index (χ1v) is 13.8. The molecule has 0 aromatic carbocycles. The predicted molar refractivity (Wildman–Crippen MR) is 130 cm³/mol. The summed E-state index contributed by atoms with van der Waals surface area (Å²) in [5.74, 6) is -2.34. The van der Waals surface area contributed by atoms with E-state index in [1.807, 2.05) is 0 Å². The zero-order valence-corrected chi connectivity index (χ0v) is 23.2. The molecule has 38 heavy (non-hydrogen) atoms. The highest BCUT2D eigenvalue weighted by Gasteiger charge is 2.82. The Morgan fingerprint density at radius 1 is 1.11 bits per heavy atom. The number of hydrogen-bond acceptors (Lipinski definition) is 10. The van der Waals surface area contributed by atoms with Crippen LogP contribution in [0.15, 0.2) is 0 Å². The van der Waals surface area contributed by atoms with Gasteiger partial charge < -0.3 is 28.4 Å². The number of hydrogen-bond donors (Lipinski definition) is 0. The summed E-state index contributed by atoms with van der Waals surface area (Å²) in [6.07, 6.45) is -0.186. The maximum atomic E-state index is 13.8. The molecule has 10 heteroatoms. The van der Waals surface area contributed by atoms with Crippen molar-refractivity contribution in [2.75, 3.05) is 19.8 Å². The van der Waals surface area contributed by atoms with Crippen LogP contribution in [-0.4, -0.2) is 73.7 Å². The number of Topliss-reactive ketones (excluding diaryl/α,β-unsaturated/α-hetero) is 1. The van der Waals surface area contributed by atoms with Crippen LogP contribution in [0, 0.1) is 34.5 Å². The Morgan fingerprint density at radius 3 is 2.39 bits per heavy atom. The highest BCUT2D eigenvalue weighted by Crippen LogP contribution is 2.70. The lowest BCUT2D eigenvalue weighted by atomic mass is 9.41. The van der Waals surface area contributed by atoms with Gasteiger partial charge in [0, 0.05) is 31.6 Å². The highest BCUT2D eigenvalue weighted by atomic mass is 16.7. The number of fused-ring (bicyclic) bond motifs is 3. The molecule has 5 aliphatic rings. The maximum Gasteiger partial charge on any atom is 0.309 e. The highest BCUT2D eigenvalue weighted by molar-refractivity contribution is 5.89. The fourth-order valence-corrected chi connectivity index (χ4v) is 7.91. The van der Waals surface area contributed by atoms with Crippen molar-refractivity contribution < 1.29 is 47.6 Å². The largest absolute Gasteiger partial charge is 0.465 e. The fourth-order valence-electron chi connectivity index (χ4n) is 7.91. The van der Waals surface area contributed by atoms with Crippen LogP contribution in [0.4, 0.5) is 0 Å². The molecule has 3 aliphatic heterocycles. The molecule has 0 aromatic heterocycles. The van der Waals surface area contributed by atoms with Gasteiger partial charge in [-0.2, -0.15) is 0 Å². The van der Waals surface area contributed by atoms with Crippen LogP contribution in [0.1, 0.15) is 67.2 Å². The van der Waals surface area contributed by atoms with Crippen LogP contribution < -0.4 is 0 Å². The van der Waals surface area contributed by atoms with E-state index < -0.39 is 58.4 Å². The molecule has 3 heterocycles. The van der Waals surface area contributed by atoms with E-state index in [1.165, 1.54) is 13.8 Å². The Hall–Kier alpha value is -2.04. The van der Waals surface area contributed by atoms with Crippen LogP contribution in [0.25, 0.3) is 0 Å². The quantitative estimate of drug-likeness (QED) is 0.284. The van der Waals surface area contributed by atoms with Crippen molar-refractivity contribution in [2.24, 2.45) is 34.5 Å². The summed E-state index contributed by atoms with van der Waals surface area (Å²) in [6, 6.07) is 0. The van der Waals surface area contributed by atoms with Gasteiger partial charge in [-0.25, -0.2) is 0 Å². The predicted octanol–water partition coefficient (Wildman–Crippen LogP) is 2.59. The molecule has 0 bridgehead atoms. The molecule has 1 spiro atoms. The Kier molecular flexibility index (Phi) is 6.92. The average Bonchev–Trinajstić information content (AvgIpc) is 3.31.